The summed E-state index contributed by atoms with van der Waals surface area (Å²) in [5, 5.41) is 15.2. The van der Waals surface area contributed by atoms with Crippen LogP contribution in [0.4, 0.5) is 0 Å². The lowest BCUT2D eigenvalue weighted by atomic mass is 9.91. The van der Waals surface area contributed by atoms with E-state index in [4.69, 9.17) is 0 Å². The summed E-state index contributed by atoms with van der Waals surface area (Å²) in [5.74, 6) is 0. The first-order chi connectivity index (χ1) is 6.23. The smallest absolute Gasteiger partial charge is 0.0943 e. The first-order valence-electron chi connectivity index (χ1n) is 4.72. The lowest BCUT2D eigenvalue weighted by molar-refractivity contribution is -0.00847. The summed E-state index contributed by atoms with van der Waals surface area (Å²) in [6.45, 7) is 3.65. The molecular formula is C10H15NOS. The Morgan fingerprint density at radius 3 is 2.92 bits per heavy atom. The molecule has 2 N–H and O–H groups in total. The summed E-state index contributed by atoms with van der Waals surface area (Å²) in [6.07, 6.45) is 1.89. The number of thiophene rings is 1. The van der Waals surface area contributed by atoms with Gasteiger partial charge in [0.2, 0.25) is 0 Å². The van der Waals surface area contributed by atoms with Gasteiger partial charge >= 0.3 is 0 Å². The second kappa shape index (κ2) is 3.40. The minimum Gasteiger partial charge on any atom is -0.387 e. The molecule has 1 aliphatic heterocycles. The molecule has 3 heteroatoms. The lowest BCUT2D eigenvalue weighted by Gasteiger charge is -2.37. The summed E-state index contributed by atoms with van der Waals surface area (Å²) in [4.78, 5) is 1.35. The van der Waals surface area contributed by atoms with E-state index in [0.717, 1.165) is 25.9 Å². The summed E-state index contributed by atoms with van der Waals surface area (Å²) in [5.41, 5.74) is 0.930. The molecule has 2 nitrogen and oxygen atoms in total. The van der Waals surface area contributed by atoms with Crippen molar-refractivity contribution in [2.24, 2.45) is 0 Å². The van der Waals surface area contributed by atoms with Gasteiger partial charge in [0.05, 0.1) is 5.60 Å². The maximum atomic E-state index is 9.95. The summed E-state index contributed by atoms with van der Waals surface area (Å²) in [7, 11) is 0. The van der Waals surface area contributed by atoms with Crippen LogP contribution < -0.4 is 5.32 Å². The molecule has 1 aliphatic rings. The van der Waals surface area contributed by atoms with E-state index in [0.29, 0.717) is 0 Å². The van der Waals surface area contributed by atoms with E-state index in [-0.39, 0.29) is 0 Å². The average molecular weight is 197 g/mol. The SMILES string of the molecule is CCc1ccsc1CC1(O)CNC1. The largest absolute Gasteiger partial charge is 0.387 e. The monoisotopic (exact) mass is 197 g/mol. The van der Waals surface area contributed by atoms with Crippen LogP contribution in [0.5, 0.6) is 0 Å². The molecule has 0 bridgehead atoms. The van der Waals surface area contributed by atoms with E-state index in [2.05, 4.69) is 23.7 Å². The molecule has 1 saturated heterocycles. The molecular weight excluding hydrogens is 182 g/mol. The Bertz CT molecular complexity index is 291. The Balaban J connectivity index is 2.08. The van der Waals surface area contributed by atoms with Crippen molar-refractivity contribution in [1.82, 2.24) is 5.32 Å². The van der Waals surface area contributed by atoms with Gasteiger partial charge in [-0.15, -0.1) is 11.3 Å². The Morgan fingerprint density at radius 2 is 2.38 bits per heavy atom. The van der Waals surface area contributed by atoms with Gasteiger partial charge in [-0.3, -0.25) is 0 Å². The molecule has 0 radical (unpaired) electrons. The van der Waals surface area contributed by atoms with E-state index >= 15 is 0 Å². The van der Waals surface area contributed by atoms with Crippen molar-refractivity contribution >= 4 is 11.3 Å². The van der Waals surface area contributed by atoms with Gasteiger partial charge in [-0.1, -0.05) is 6.92 Å². The molecule has 1 aromatic rings. The first-order valence-corrected chi connectivity index (χ1v) is 5.60. The standard InChI is InChI=1S/C10H15NOS/c1-2-8-3-4-13-9(8)5-10(12)6-11-7-10/h3-4,11-12H,2,5-7H2,1H3. The van der Waals surface area contributed by atoms with E-state index in [1.165, 1.54) is 10.4 Å². The third kappa shape index (κ3) is 1.77. The number of hydrogen-bond donors (Lipinski definition) is 2. The normalized spacial score (nSPS) is 19.8. The van der Waals surface area contributed by atoms with Gasteiger partial charge in [-0.25, -0.2) is 0 Å². The molecule has 72 valence electrons. The molecule has 0 saturated carbocycles. The number of rotatable bonds is 3. The number of β-amino-alcohol motifs (C(OH)–C–C–N with tert-alkyl or cyclic N) is 1. The molecule has 1 aromatic heterocycles. The van der Waals surface area contributed by atoms with E-state index in [9.17, 15) is 5.11 Å². The van der Waals surface area contributed by atoms with Crippen molar-refractivity contribution in [3.63, 3.8) is 0 Å². The minimum absolute atomic E-state index is 0.464. The van der Waals surface area contributed by atoms with Crippen molar-refractivity contribution in [2.45, 2.75) is 25.4 Å². The number of aliphatic hydroxyl groups is 1. The third-order valence-electron chi connectivity index (χ3n) is 2.62. The van der Waals surface area contributed by atoms with Gasteiger partial charge in [-0.2, -0.15) is 0 Å². The predicted octanol–water partition coefficient (Wildman–Crippen LogP) is 1.19. The second-order valence-electron chi connectivity index (χ2n) is 3.73. The van der Waals surface area contributed by atoms with Crippen LogP contribution in [-0.2, 0) is 12.8 Å². The molecule has 2 rings (SSSR count). The third-order valence-corrected chi connectivity index (χ3v) is 3.58. The van der Waals surface area contributed by atoms with Gasteiger partial charge in [0.1, 0.15) is 0 Å². The van der Waals surface area contributed by atoms with Crippen molar-refractivity contribution in [3.8, 4) is 0 Å². The molecule has 0 spiro atoms. The predicted molar refractivity (Wildman–Crippen MR) is 55.2 cm³/mol. The van der Waals surface area contributed by atoms with Crippen molar-refractivity contribution in [1.29, 1.82) is 0 Å². The second-order valence-corrected chi connectivity index (χ2v) is 4.73. The summed E-state index contributed by atoms with van der Waals surface area (Å²) in [6, 6.07) is 2.16. The van der Waals surface area contributed by atoms with Crippen LogP contribution in [0.25, 0.3) is 0 Å². The molecule has 1 fully saturated rings. The zero-order valence-electron chi connectivity index (χ0n) is 7.84. The zero-order valence-corrected chi connectivity index (χ0v) is 8.66. The number of nitrogens with one attached hydrogen (secondary N) is 1. The molecule has 2 heterocycles. The van der Waals surface area contributed by atoms with Crippen molar-refractivity contribution in [2.75, 3.05) is 13.1 Å². The molecule has 0 aliphatic carbocycles. The fraction of sp³-hybridized carbons (Fsp3) is 0.600. The van der Waals surface area contributed by atoms with Crippen LogP contribution >= 0.6 is 11.3 Å². The van der Waals surface area contributed by atoms with Crippen LogP contribution in [0.3, 0.4) is 0 Å². The molecule has 0 amide bonds. The summed E-state index contributed by atoms with van der Waals surface area (Å²) >= 11 is 1.76. The maximum Gasteiger partial charge on any atom is 0.0943 e. The van der Waals surface area contributed by atoms with Crippen molar-refractivity contribution in [3.05, 3.63) is 21.9 Å². The fourth-order valence-electron chi connectivity index (χ4n) is 1.67. The topological polar surface area (TPSA) is 32.3 Å². The molecule has 0 atom stereocenters. The number of aryl methyl sites for hydroxylation is 1. The van der Waals surface area contributed by atoms with Crippen molar-refractivity contribution < 1.29 is 5.11 Å². The highest BCUT2D eigenvalue weighted by Crippen LogP contribution is 2.25. The van der Waals surface area contributed by atoms with Crippen LogP contribution in [0.15, 0.2) is 11.4 Å². The lowest BCUT2D eigenvalue weighted by Crippen LogP contribution is -2.60. The molecule has 0 unspecified atom stereocenters. The fourth-order valence-corrected chi connectivity index (χ4v) is 2.79. The molecule has 0 aromatic carbocycles. The van der Waals surface area contributed by atoms with Crippen LogP contribution in [0.2, 0.25) is 0 Å². The highest BCUT2D eigenvalue weighted by atomic mass is 32.1. The minimum atomic E-state index is -0.464. The van der Waals surface area contributed by atoms with Crippen LogP contribution in [-0.4, -0.2) is 23.8 Å². The van der Waals surface area contributed by atoms with Gasteiger partial charge in [0, 0.05) is 24.4 Å². The van der Waals surface area contributed by atoms with Gasteiger partial charge < -0.3 is 10.4 Å². The zero-order chi connectivity index (χ0) is 9.31. The summed E-state index contributed by atoms with van der Waals surface area (Å²) < 4.78 is 0. The Hall–Kier alpha value is -0.380. The van der Waals surface area contributed by atoms with E-state index in [1.807, 2.05) is 0 Å². The molecule has 13 heavy (non-hydrogen) atoms. The van der Waals surface area contributed by atoms with Gasteiger partial charge in [-0.05, 0) is 23.4 Å². The Kier molecular flexibility index (Phi) is 2.41. The van der Waals surface area contributed by atoms with Crippen LogP contribution in [0, 0.1) is 0 Å². The van der Waals surface area contributed by atoms with E-state index in [1.54, 1.807) is 11.3 Å². The quantitative estimate of drug-likeness (QED) is 0.763. The van der Waals surface area contributed by atoms with Gasteiger partial charge in [0.15, 0.2) is 0 Å². The Labute approximate surface area is 82.6 Å². The van der Waals surface area contributed by atoms with Gasteiger partial charge in [0.25, 0.3) is 0 Å². The maximum absolute atomic E-state index is 9.95. The van der Waals surface area contributed by atoms with Crippen LogP contribution in [0.1, 0.15) is 17.4 Å². The van der Waals surface area contributed by atoms with E-state index < -0.39 is 5.60 Å². The first kappa shape index (κ1) is 9.19. The Morgan fingerprint density at radius 1 is 1.62 bits per heavy atom. The number of hydrogen-bond acceptors (Lipinski definition) is 3. The highest BCUT2D eigenvalue weighted by molar-refractivity contribution is 7.10. The highest BCUT2D eigenvalue weighted by Gasteiger charge is 2.34. The average Bonchev–Trinajstić information content (AvgIpc) is 2.49.